The summed E-state index contributed by atoms with van der Waals surface area (Å²) in [4.78, 5) is 0. The van der Waals surface area contributed by atoms with Crippen LogP contribution in [0.1, 0.15) is 44.7 Å². The van der Waals surface area contributed by atoms with Crippen LogP contribution in [0.2, 0.25) is 0 Å². The van der Waals surface area contributed by atoms with Crippen molar-refractivity contribution in [1.29, 1.82) is 0 Å². The summed E-state index contributed by atoms with van der Waals surface area (Å²) < 4.78 is 0. The van der Waals surface area contributed by atoms with Gasteiger partial charge in [0.2, 0.25) is 0 Å². The van der Waals surface area contributed by atoms with Crippen LogP contribution in [0.25, 0.3) is 21.9 Å². The number of aryl methyl sites for hydroxylation is 1. The second-order valence-electron chi connectivity index (χ2n) is 7.82. The zero-order chi connectivity index (χ0) is 19.3. The topological polar surface area (TPSA) is 20.2 Å². The fourth-order valence-corrected chi connectivity index (χ4v) is 4.45. The minimum atomic E-state index is 0.283. The molecule has 1 aliphatic rings. The number of phenolic OH excluding ortho intramolecular Hbond substituents is 1. The van der Waals surface area contributed by atoms with E-state index < -0.39 is 0 Å². The lowest BCUT2D eigenvalue weighted by Crippen LogP contribution is -2.03. The van der Waals surface area contributed by atoms with Crippen molar-refractivity contribution in [2.45, 2.75) is 40.5 Å². The molecule has 0 amide bonds. The molecule has 27 heavy (non-hydrogen) atoms. The van der Waals surface area contributed by atoms with Crippen LogP contribution in [0.3, 0.4) is 0 Å². The molecule has 0 atom stereocenters. The van der Waals surface area contributed by atoms with Crippen LogP contribution < -0.4 is 0 Å². The number of benzene rings is 3. The number of fused-ring (bicyclic) bond motifs is 1. The average molecular weight is 354 g/mol. The monoisotopic (exact) mass is 354 g/mol. The van der Waals surface area contributed by atoms with Crippen LogP contribution in [0.5, 0.6) is 5.75 Å². The third-order valence-electron chi connectivity index (χ3n) is 6.32. The normalized spacial score (nSPS) is 15.3. The molecule has 4 rings (SSSR count). The minimum absolute atomic E-state index is 0.283. The Balaban J connectivity index is 1.98. The maximum Gasteiger partial charge on any atom is 0.131 e. The molecule has 0 aromatic heterocycles. The van der Waals surface area contributed by atoms with Crippen molar-refractivity contribution in [2.75, 3.05) is 0 Å². The van der Waals surface area contributed by atoms with Gasteiger partial charge >= 0.3 is 0 Å². The van der Waals surface area contributed by atoms with Gasteiger partial charge in [0.25, 0.3) is 0 Å². The van der Waals surface area contributed by atoms with Crippen molar-refractivity contribution >= 4 is 10.8 Å². The molecule has 0 heterocycles. The van der Waals surface area contributed by atoms with Gasteiger partial charge in [0.15, 0.2) is 0 Å². The molecule has 1 N–H and O–H groups in total. The van der Waals surface area contributed by atoms with Crippen molar-refractivity contribution in [3.05, 3.63) is 88.0 Å². The SMILES string of the molecule is CC1=C(C)C(c2cc(C)ccc2-c2ccc3ccccc3c2O)C(C)=C1C. The Morgan fingerprint density at radius 3 is 2.04 bits per heavy atom. The van der Waals surface area contributed by atoms with Crippen molar-refractivity contribution in [1.82, 2.24) is 0 Å². The number of hydrogen-bond donors (Lipinski definition) is 1. The number of aromatic hydroxyl groups is 1. The van der Waals surface area contributed by atoms with Crippen LogP contribution in [-0.2, 0) is 0 Å². The molecule has 3 aromatic rings. The number of rotatable bonds is 2. The lowest BCUT2D eigenvalue weighted by Gasteiger charge is -2.21. The smallest absolute Gasteiger partial charge is 0.131 e. The first-order valence-corrected chi connectivity index (χ1v) is 9.57. The summed E-state index contributed by atoms with van der Waals surface area (Å²) in [6.07, 6.45) is 0. The van der Waals surface area contributed by atoms with Gasteiger partial charge in [-0.15, -0.1) is 0 Å². The molecule has 1 heteroatoms. The Bertz CT molecular complexity index is 1100. The number of allylic oxidation sites excluding steroid dienone is 4. The summed E-state index contributed by atoms with van der Waals surface area (Å²) >= 11 is 0. The molecule has 0 spiro atoms. The maximum absolute atomic E-state index is 11.1. The van der Waals surface area contributed by atoms with E-state index in [0.29, 0.717) is 5.75 Å². The van der Waals surface area contributed by atoms with Crippen LogP contribution in [0.4, 0.5) is 0 Å². The van der Waals surface area contributed by atoms with Gasteiger partial charge in [0, 0.05) is 16.9 Å². The molecule has 1 aliphatic carbocycles. The highest BCUT2D eigenvalue weighted by Crippen LogP contribution is 2.48. The van der Waals surface area contributed by atoms with Crippen LogP contribution in [0.15, 0.2) is 76.9 Å². The molecule has 0 bridgehead atoms. The summed E-state index contributed by atoms with van der Waals surface area (Å²) in [5.41, 5.74) is 10.2. The van der Waals surface area contributed by atoms with Gasteiger partial charge in [-0.25, -0.2) is 0 Å². The van der Waals surface area contributed by atoms with E-state index in [1.54, 1.807) is 0 Å². The average Bonchev–Trinajstić information content (AvgIpc) is 2.86. The minimum Gasteiger partial charge on any atom is -0.507 e. The molecular formula is C26H26O. The Hall–Kier alpha value is -2.80. The Labute approximate surface area is 161 Å². The predicted molar refractivity (Wildman–Crippen MR) is 115 cm³/mol. The van der Waals surface area contributed by atoms with E-state index in [4.69, 9.17) is 0 Å². The standard InChI is InChI=1S/C26H26O/c1-15-10-12-22(23-13-11-20-8-6-7-9-21(20)26(23)27)24(14-15)25-18(4)16(2)17(3)19(25)5/h6-14,25,27H,1-5H3. The van der Waals surface area contributed by atoms with Gasteiger partial charge in [-0.05, 0) is 62.3 Å². The largest absolute Gasteiger partial charge is 0.507 e. The van der Waals surface area contributed by atoms with Gasteiger partial charge in [-0.3, -0.25) is 0 Å². The number of phenols is 1. The first-order chi connectivity index (χ1) is 12.9. The summed E-state index contributed by atoms with van der Waals surface area (Å²) in [6.45, 7) is 11.1. The van der Waals surface area contributed by atoms with Gasteiger partial charge < -0.3 is 5.11 Å². The van der Waals surface area contributed by atoms with E-state index in [1.165, 1.54) is 33.4 Å². The highest BCUT2D eigenvalue weighted by molar-refractivity contribution is 5.95. The van der Waals surface area contributed by atoms with Crippen molar-refractivity contribution in [2.24, 2.45) is 0 Å². The maximum atomic E-state index is 11.1. The Kier molecular flexibility index (Phi) is 4.19. The fraction of sp³-hybridized carbons (Fsp3) is 0.231. The predicted octanol–water partition coefficient (Wildman–Crippen LogP) is 7.29. The highest BCUT2D eigenvalue weighted by atomic mass is 16.3. The molecule has 0 aliphatic heterocycles. The lowest BCUT2D eigenvalue weighted by molar-refractivity contribution is 0.483. The molecular weight excluding hydrogens is 328 g/mol. The third kappa shape index (κ3) is 2.70. The van der Waals surface area contributed by atoms with E-state index in [0.717, 1.165) is 21.9 Å². The van der Waals surface area contributed by atoms with Gasteiger partial charge in [-0.1, -0.05) is 71.3 Å². The molecule has 0 unspecified atom stereocenters. The lowest BCUT2D eigenvalue weighted by atomic mass is 9.82. The van der Waals surface area contributed by atoms with E-state index in [1.807, 2.05) is 24.3 Å². The molecule has 0 radical (unpaired) electrons. The first kappa shape index (κ1) is 17.6. The Morgan fingerprint density at radius 2 is 1.33 bits per heavy atom. The van der Waals surface area contributed by atoms with Crippen molar-refractivity contribution < 1.29 is 5.11 Å². The quantitative estimate of drug-likeness (QED) is 0.512. The van der Waals surface area contributed by atoms with Gasteiger partial charge in [0.05, 0.1) is 0 Å². The van der Waals surface area contributed by atoms with Gasteiger partial charge in [0.1, 0.15) is 5.75 Å². The van der Waals surface area contributed by atoms with E-state index in [-0.39, 0.29) is 5.92 Å². The summed E-state index contributed by atoms with van der Waals surface area (Å²) in [7, 11) is 0. The second-order valence-corrected chi connectivity index (χ2v) is 7.82. The summed E-state index contributed by atoms with van der Waals surface area (Å²) in [5, 5.41) is 13.0. The zero-order valence-corrected chi connectivity index (χ0v) is 16.7. The first-order valence-electron chi connectivity index (χ1n) is 9.57. The third-order valence-corrected chi connectivity index (χ3v) is 6.32. The summed E-state index contributed by atoms with van der Waals surface area (Å²) in [6, 6.07) is 18.8. The molecule has 0 saturated heterocycles. The Morgan fingerprint density at radius 1 is 0.704 bits per heavy atom. The van der Waals surface area contributed by atoms with Crippen LogP contribution in [0, 0.1) is 6.92 Å². The van der Waals surface area contributed by atoms with Crippen LogP contribution in [-0.4, -0.2) is 5.11 Å². The highest BCUT2D eigenvalue weighted by Gasteiger charge is 2.28. The van der Waals surface area contributed by atoms with E-state index in [2.05, 4.69) is 65.0 Å². The summed E-state index contributed by atoms with van der Waals surface area (Å²) in [5.74, 6) is 0.652. The molecule has 0 saturated carbocycles. The van der Waals surface area contributed by atoms with E-state index >= 15 is 0 Å². The molecule has 136 valence electrons. The zero-order valence-electron chi connectivity index (χ0n) is 16.7. The van der Waals surface area contributed by atoms with Gasteiger partial charge in [-0.2, -0.15) is 0 Å². The molecule has 1 nitrogen and oxygen atoms in total. The van der Waals surface area contributed by atoms with E-state index in [9.17, 15) is 5.11 Å². The molecule has 0 fully saturated rings. The fourth-order valence-electron chi connectivity index (χ4n) is 4.45. The van der Waals surface area contributed by atoms with Crippen molar-refractivity contribution in [3.63, 3.8) is 0 Å². The number of hydrogen-bond acceptors (Lipinski definition) is 1. The van der Waals surface area contributed by atoms with Crippen molar-refractivity contribution in [3.8, 4) is 16.9 Å². The second kappa shape index (κ2) is 6.42. The molecule has 3 aromatic carbocycles. The van der Waals surface area contributed by atoms with Crippen LogP contribution >= 0.6 is 0 Å².